The first kappa shape index (κ1) is 23.4. The van der Waals surface area contributed by atoms with Crippen LogP contribution in [0.15, 0.2) is 30.3 Å². The van der Waals surface area contributed by atoms with Crippen LogP contribution < -0.4 is 15.4 Å². The van der Waals surface area contributed by atoms with Gasteiger partial charge < -0.3 is 15.4 Å². The second-order valence-corrected chi connectivity index (χ2v) is 7.19. The summed E-state index contributed by atoms with van der Waals surface area (Å²) in [6.45, 7) is 5.02. The fraction of sp³-hybridized carbons (Fsp3) is 0.381. The Hall–Kier alpha value is -2.84. The first-order valence-corrected chi connectivity index (χ1v) is 9.21. The first-order chi connectivity index (χ1) is 13.9. The van der Waals surface area contributed by atoms with Crippen molar-refractivity contribution in [3.63, 3.8) is 0 Å². The topological polar surface area (TPSA) is 50.4 Å². The van der Waals surface area contributed by atoms with E-state index in [1.54, 1.807) is 13.1 Å². The van der Waals surface area contributed by atoms with Gasteiger partial charge in [-0.2, -0.15) is 13.2 Å². The molecular weight excluding hydrogens is 407 g/mol. The Morgan fingerprint density at radius 2 is 1.80 bits per heavy atom. The van der Waals surface area contributed by atoms with Crippen molar-refractivity contribution in [2.45, 2.75) is 39.8 Å². The molecule has 0 aliphatic carbocycles. The number of anilines is 2. The Morgan fingerprint density at radius 3 is 2.30 bits per heavy atom. The molecule has 0 aliphatic rings. The van der Waals surface area contributed by atoms with E-state index >= 15 is 0 Å². The second kappa shape index (κ2) is 9.32. The lowest BCUT2D eigenvalue weighted by atomic mass is 10.0. The van der Waals surface area contributed by atoms with E-state index < -0.39 is 35.4 Å². The summed E-state index contributed by atoms with van der Waals surface area (Å²) in [6.07, 6.45) is -7.61. The predicted octanol–water partition coefficient (Wildman–Crippen LogP) is 6.63. The highest BCUT2D eigenvalue weighted by Gasteiger charge is 2.38. The zero-order valence-corrected chi connectivity index (χ0v) is 17.0. The maximum atomic E-state index is 13.6. The van der Waals surface area contributed by atoms with Crippen molar-refractivity contribution in [2.75, 3.05) is 17.7 Å². The van der Waals surface area contributed by atoms with Crippen LogP contribution in [0.5, 0.6) is 11.5 Å². The lowest BCUT2D eigenvalue weighted by Crippen LogP contribution is -2.13. The van der Waals surface area contributed by atoms with Gasteiger partial charge in [0.1, 0.15) is 17.1 Å². The van der Waals surface area contributed by atoms with Gasteiger partial charge in [-0.1, -0.05) is 13.8 Å². The minimum atomic E-state index is -4.97. The van der Waals surface area contributed by atoms with Gasteiger partial charge in [-0.25, -0.2) is 8.78 Å². The third-order valence-electron chi connectivity index (χ3n) is 4.17. The molecule has 0 aliphatic heterocycles. The van der Waals surface area contributed by atoms with Crippen LogP contribution in [0.3, 0.4) is 0 Å². The van der Waals surface area contributed by atoms with E-state index in [9.17, 15) is 26.7 Å². The molecule has 1 amide bonds. The molecule has 0 bridgehead atoms. The summed E-state index contributed by atoms with van der Waals surface area (Å²) in [6, 6.07) is 5.93. The van der Waals surface area contributed by atoms with Crippen LogP contribution in [0, 0.1) is 5.92 Å². The summed E-state index contributed by atoms with van der Waals surface area (Å²) in [7, 11) is 1.71. The van der Waals surface area contributed by atoms with Crippen LogP contribution in [0.25, 0.3) is 0 Å². The minimum Gasteiger partial charge on any atom is -0.456 e. The number of amides is 1. The SMILES string of the molecule is CNc1ccc(Oc2c(C(F)F)cc(NC(C)=O)cc2C(F)(F)F)cc1CC(C)C. The molecule has 2 N–H and O–H groups in total. The van der Waals surface area contributed by atoms with Gasteiger partial charge in [-0.05, 0) is 48.2 Å². The Labute approximate surface area is 171 Å². The quantitative estimate of drug-likeness (QED) is 0.485. The minimum absolute atomic E-state index is 0.00401. The average molecular weight is 430 g/mol. The molecule has 4 nitrogen and oxygen atoms in total. The Balaban J connectivity index is 2.61. The van der Waals surface area contributed by atoms with E-state index in [1.165, 1.54) is 12.1 Å². The molecule has 0 heterocycles. The summed E-state index contributed by atoms with van der Waals surface area (Å²) >= 11 is 0. The zero-order chi connectivity index (χ0) is 22.6. The van der Waals surface area contributed by atoms with Crippen molar-refractivity contribution in [1.29, 1.82) is 0 Å². The molecule has 2 rings (SSSR count). The fourth-order valence-electron chi connectivity index (χ4n) is 3.02. The normalized spacial score (nSPS) is 11.7. The molecule has 2 aromatic rings. The number of benzene rings is 2. The van der Waals surface area contributed by atoms with Gasteiger partial charge in [0.2, 0.25) is 5.91 Å². The van der Waals surface area contributed by atoms with E-state index in [0.717, 1.165) is 24.2 Å². The maximum Gasteiger partial charge on any atom is 0.420 e. The second-order valence-electron chi connectivity index (χ2n) is 7.19. The van der Waals surface area contributed by atoms with E-state index in [2.05, 4.69) is 10.6 Å². The fourth-order valence-corrected chi connectivity index (χ4v) is 3.02. The van der Waals surface area contributed by atoms with Gasteiger partial charge in [-0.15, -0.1) is 0 Å². The number of rotatable bonds is 7. The summed E-state index contributed by atoms with van der Waals surface area (Å²) in [5.41, 5.74) is -1.19. The van der Waals surface area contributed by atoms with Crippen LogP contribution >= 0.6 is 0 Å². The average Bonchev–Trinajstić information content (AvgIpc) is 2.60. The lowest BCUT2D eigenvalue weighted by Gasteiger charge is -2.20. The highest BCUT2D eigenvalue weighted by molar-refractivity contribution is 5.89. The monoisotopic (exact) mass is 430 g/mol. The molecule has 9 heteroatoms. The summed E-state index contributed by atoms with van der Waals surface area (Å²) in [4.78, 5) is 11.2. The van der Waals surface area contributed by atoms with Gasteiger partial charge >= 0.3 is 6.18 Å². The molecule has 0 spiro atoms. The molecule has 0 radical (unpaired) electrons. The molecule has 30 heavy (non-hydrogen) atoms. The molecule has 0 fully saturated rings. The first-order valence-electron chi connectivity index (χ1n) is 9.21. The smallest absolute Gasteiger partial charge is 0.420 e. The molecule has 0 atom stereocenters. The van der Waals surface area contributed by atoms with Crippen LogP contribution in [-0.2, 0) is 17.4 Å². The van der Waals surface area contributed by atoms with E-state index in [1.807, 2.05) is 13.8 Å². The van der Waals surface area contributed by atoms with Crippen LogP contribution in [0.2, 0.25) is 0 Å². The van der Waals surface area contributed by atoms with Crippen molar-refractivity contribution in [3.05, 3.63) is 47.0 Å². The number of alkyl halides is 5. The number of hydrogen-bond donors (Lipinski definition) is 2. The van der Waals surface area contributed by atoms with E-state index in [-0.39, 0.29) is 17.4 Å². The van der Waals surface area contributed by atoms with Gasteiger partial charge in [0.05, 0.1) is 5.56 Å². The molecule has 0 saturated carbocycles. The van der Waals surface area contributed by atoms with Gasteiger partial charge in [0.15, 0.2) is 0 Å². The number of nitrogens with one attached hydrogen (secondary N) is 2. The van der Waals surface area contributed by atoms with Crippen molar-refractivity contribution >= 4 is 17.3 Å². The Kier molecular flexibility index (Phi) is 7.28. The van der Waals surface area contributed by atoms with Crippen molar-refractivity contribution < 1.29 is 31.5 Å². The van der Waals surface area contributed by atoms with Gasteiger partial charge in [0, 0.05) is 25.3 Å². The number of carbonyl (C=O) groups is 1. The maximum absolute atomic E-state index is 13.6. The van der Waals surface area contributed by atoms with Crippen LogP contribution in [-0.4, -0.2) is 13.0 Å². The van der Waals surface area contributed by atoms with Gasteiger partial charge in [0.25, 0.3) is 6.43 Å². The Bertz CT molecular complexity index is 911. The zero-order valence-electron chi connectivity index (χ0n) is 17.0. The van der Waals surface area contributed by atoms with E-state index in [4.69, 9.17) is 4.74 Å². The predicted molar refractivity (Wildman–Crippen MR) is 105 cm³/mol. The molecule has 0 aromatic heterocycles. The third-order valence-corrected chi connectivity index (χ3v) is 4.17. The molecule has 0 unspecified atom stereocenters. The summed E-state index contributed by atoms with van der Waals surface area (Å²) < 4.78 is 73.5. The summed E-state index contributed by atoms with van der Waals surface area (Å²) in [5, 5.41) is 5.10. The standard InChI is InChI=1S/C21H23F5N2O2/c1-11(2)7-13-8-15(5-6-18(13)27-4)30-19-16(20(22)23)9-14(28-12(3)29)10-17(19)21(24,25)26/h5-6,8-11,20,27H,7H2,1-4H3,(H,28,29). The van der Waals surface area contributed by atoms with Crippen molar-refractivity contribution in [3.8, 4) is 11.5 Å². The van der Waals surface area contributed by atoms with Crippen molar-refractivity contribution in [1.82, 2.24) is 0 Å². The largest absolute Gasteiger partial charge is 0.456 e. The molecule has 2 aromatic carbocycles. The van der Waals surface area contributed by atoms with Crippen LogP contribution in [0.1, 0.15) is 43.9 Å². The highest BCUT2D eigenvalue weighted by atomic mass is 19.4. The van der Waals surface area contributed by atoms with Crippen LogP contribution in [0.4, 0.5) is 33.3 Å². The van der Waals surface area contributed by atoms with E-state index in [0.29, 0.717) is 12.5 Å². The summed E-state index contributed by atoms with van der Waals surface area (Å²) in [5.74, 6) is -1.41. The lowest BCUT2D eigenvalue weighted by molar-refractivity contribution is -0.138. The highest BCUT2D eigenvalue weighted by Crippen LogP contribution is 2.45. The third kappa shape index (κ3) is 5.84. The number of ether oxygens (including phenoxy) is 1. The number of halogens is 5. The van der Waals surface area contributed by atoms with Crippen molar-refractivity contribution in [2.24, 2.45) is 5.92 Å². The molecule has 0 saturated heterocycles. The molecule has 164 valence electrons. The number of hydrogen-bond acceptors (Lipinski definition) is 3. The molecular formula is C21H23F5N2O2. The van der Waals surface area contributed by atoms with Gasteiger partial charge in [-0.3, -0.25) is 4.79 Å². The number of carbonyl (C=O) groups excluding carboxylic acids is 1. The Morgan fingerprint density at radius 1 is 1.13 bits per heavy atom.